The van der Waals surface area contributed by atoms with Gasteiger partial charge in [0.15, 0.2) is 5.11 Å². The van der Waals surface area contributed by atoms with Gasteiger partial charge in [0.1, 0.15) is 17.5 Å². The maximum atomic E-state index is 13.7. The molecule has 0 saturated carbocycles. The van der Waals surface area contributed by atoms with E-state index in [2.05, 4.69) is 26.6 Å². The number of hydrogen-bond acceptors (Lipinski definition) is 3. The van der Waals surface area contributed by atoms with Gasteiger partial charge < -0.3 is 15.5 Å². The fourth-order valence-corrected chi connectivity index (χ4v) is 3.84. The highest BCUT2D eigenvalue weighted by Gasteiger charge is 2.20. The number of carbonyl (C=O) groups excluding carboxylic acids is 1. The first-order valence-corrected chi connectivity index (χ1v) is 10.5. The summed E-state index contributed by atoms with van der Waals surface area (Å²) >= 11 is 8.78. The first-order chi connectivity index (χ1) is 14.3. The summed E-state index contributed by atoms with van der Waals surface area (Å²) in [6.07, 6.45) is 0.782. The third-order valence-electron chi connectivity index (χ3n) is 4.62. The van der Waals surface area contributed by atoms with Gasteiger partial charge >= 0.3 is 0 Å². The summed E-state index contributed by atoms with van der Waals surface area (Å²) in [7, 11) is 0. The second kappa shape index (κ2) is 10.2. The molecule has 2 aromatic carbocycles. The second-order valence-corrected chi connectivity index (χ2v) is 8.08. The number of nitrogens with one attached hydrogen (secondary N) is 2. The van der Waals surface area contributed by atoms with Crippen LogP contribution in [0, 0.1) is 17.5 Å². The predicted molar refractivity (Wildman–Crippen MR) is 118 cm³/mol. The molecule has 3 rings (SSSR count). The van der Waals surface area contributed by atoms with Gasteiger partial charge in [0.25, 0.3) is 0 Å². The molecule has 160 valence electrons. The van der Waals surface area contributed by atoms with Gasteiger partial charge in [0, 0.05) is 36.7 Å². The largest absolute Gasteiger partial charge is 0.348 e. The smallest absolute Gasteiger partial charge is 0.238 e. The van der Waals surface area contributed by atoms with E-state index in [1.165, 1.54) is 18.2 Å². The van der Waals surface area contributed by atoms with Crippen molar-refractivity contribution < 1.29 is 18.0 Å². The fourth-order valence-electron chi connectivity index (χ4n) is 3.10. The second-order valence-electron chi connectivity index (χ2n) is 6.84. The van der Waals surface area contributed by atoms with E-state index in [0.717, 1.165) is 18.6 Å². The quantitative estimate of drug-likeness (QED) is 0.615. The van der Waals surface area contributed by atoms with Gasteiger partial charge in [0.05, 0.1) is 17.9 Å². The molecule has 10 heteroatoms. The van der Waals surface area contributed by atoms with E-state index in [1.807, 2.05) is 9.80 Å². The first-order valence-electron chi connectivity index (χ1n) is 9.30. The third kappa shape index (κ3) is 6.16. The van der Waals surface area contributed by atoms with Crippen molar-refractivity contribution >= 4 is 50.5 Å². The third-order valence-corrected chi connectivity index (χ3v) is 5.64. The molecule has 1 fully saturated rings. The van der Waals surface area contributed by atoms with Crippen LogP contribution in [0.25, 0.3) is 0 Å². The van der Waals surface area contributed by atoms with Gasteiger partial charge in [-0.15, -0.1) is 0 Å². The summed E-state index contributed by atoms with van der Waals surface area (Å²) in [6, 6.07) is 7.34. The van der Waals surface area contributed by atoms with Gasteiger partial charge in [-0.25, -0.2) is 13.2 Å². The lowest BCUT2D eigenvalue weighted by Gasteiger charge is -2.25. The number of carbonyl (C=O) groups is 1. The van der Waals surface area contributed by atoms with Gasteiger partial charge in [-0.05, 0) is 64.9 Å². The Balaban J connectivity index is 1.51. The minimum Gasteiger partial charge on any atom is -0.348 e. The average Bonchev–Trinajstić information content (AvgIpc) is 2.92. The Morgan fingerprint density at radius 3 is 2.37 bits per heavy atom. The van der Waals surface area contributed by atoms with Crippen molar-refractivity contribution in [2.75, 3.05) is 43.4 Å². The van der Waals surface area contributed by atoms with Gasteiger partial charge in [-0.2, -0.15) is 0 Å². The van der Waals surface area contributed by atoms with E-state index in [4.69, 9.17) is 12.2 Å². The van der Waals surface area contributed by atoms with E-state index >= 15 is 0 Å². The standard InChI is InChI=1S/C20H20BrF3N4OS/c21-15-10-13(22)2-4-17(15)26-20(30)28-7-1-6-27(8-9-28)12-19(29)25-18-5-3-14(23)11-16(18)24/h2-5,10-11H,1,6-9,12H2,(H,25,29)(H,26,30). The van der Waals surface area contributed by atoms with Crippen LogP contribution >= 0.6 is 28.1 Å². The molecule has 0 radical (unpaired) electrons. The molecule has 5 nitrogen and oxygen atoms in total. The lowest BCUT2D eigenvalue weighted by atomic mass is 10.3. The van der Waals surface area contributed by atoms with Crippen LogP contribution in [-0.4, -0.2) is 53.5 Å². The van der Waals surface area contributed by atoms with Crippen LogP contribution in [0.15, 0.2) is 40.9 Å². The number of benzene rings is 2. The molecule has 1 aliphatic heterocycles. The highest BCUT2D eigenvalue weighted by atomic mass is 79.9. The Bertz CT molecular complexity index is 946. The lowest BCUT2D eigenvalue weighted by Crippen LogP contribution is -2.39. The lowest BCUT2D eigenvalue weighted by molar-refractivity contribution is -0.117. The Kier molecular flexibility index (Phi) is 7.68. The van der Waals surface area contributed by atoms with Crippen molar-refractivity contribution in [1.82, 2.24) is 9.80 Å². The summed E-state index contributed by atoms with van der Waals surface area (Å²) < 4.78 is 40.5. The molecule has 30 heavy (non-hydrogen) atoms. The van der Waals surface area contributed by atoms with Gasteiger partial charge in [-0.1, -0.05) is 0 Å². The number of hydrogen-bond donors (Lipinski definition) is 2. The SMILES string of the molecule is O=C(CN1CCCN(C(=S)Nc2ccc(F)cc2Br)CC1)Nc1ccc(F)cc1F. The Morgan fingerprint density at radius 1 is 0.967 bits per heavy atom. The number of halogens is 4. The van der Waals surface area contributed by atoms with Gasteiger partial charge in [-0.3, -0.25) is 9.69 Å². The maximum absolute atomic E-state index is 13.7. The molecule has 0 atom stereocenters. The summed E-state index contributed by atoms with van der Waals surface area (Å²) in [4.78, 5) is 16.2. The monoisotopic (exact) mass is 500 g/mol. The number of amides is 1. The molecule has 0 aromatic heterocycles. The van der Waals surface area contributed by atoms with E-state index in [0.29, 0.717) is 41.5 Å². The van der Waals surface area contributed by atoms with E-state index in [1.54, 1.807) is 6.07 Å². The fraction of sp³-hybridized carbons (Fsp3) is 0.300. The number of rotatable bonds is 4. The summed E-state index contributed by atoms with van der Waals surface area (Å²) in [5.74, 6) is -2.23. The van der Waals surface area contributed by atoms with Gasteiger partial charge in [0.2, 0.25) is 5.91 Å². The van der Waals surface area contributed by atoms with Crippen LogP contribution in [0.1, 0.15) is 6.42 Å². The van der Waals surface area contributed by atoms with Crippen molar-refractivity contribution in [3.8, 4) is 0 Å². The topological polar surface area (TPSA) is 47.6 Å². The molecule has 2 aromatic rings. The normalized spacial score (nSPS) is 14.9. The van der Waals surface area contributed by atoms with E-state index in [-0.39, 0.29) is 24.0 Å². The van der Waals surface area contributed by atoms with E-state index < -0.39 is 11.6 Å². The molecular formula is C20H20BrF3N4OS. The summed E-state index contributed by atoms with van der Waals surface area (Å²) in [5.41, 5.74) is 0.622. The summed E-state index contributed by atoms with van der Waals surface area (Å²) in [6.45, 7) is 2.66. The molecule has 0 aliphatic carbocycles. The first kappa shape index (κ1) is 22.5. The minimum atomic E-state index is -0.811. The molecule has 1 amide bonds. The van der Waals surface area contributed by atoms with Crippen LogP contribution in [-0.2, 0) is 4.79 Å². The zero-order valence-corrected chi connectivity index (χ0v) is 18.3. The Morgan fingerprint density at radius 2 is 1.67 bits per heavy atom. The number of anilines is 2. The Hall–Kier alpha value is -2.17. The Labute approximate surface area is 186 Å². The van der Waals surface area contributed by atoms with E-state index in [9.17, 15) is 18.0 Å². The molecular weight excluding hydrogens is 481 g/mol. The van der Waals surface area contributed by atoms with Crippen molar-refractivity contribution in [1.29, 1.82) is 0 Å². The van der Waals surface area contributed by atoms with Crippen molar-refractivity contribution in [3.63, 3.8) is 0 Å². The molecule has 2 N–H and O–H groups in total. The van der Waals surface area contributed by atoms with Crippen LogP contribution < -0.4 is 10.6 Å². The van der Waals surface area contributed by atoms with Crippen LogP contribution in [0.3, 0.4) is 0 Å². The molecule has 0 bridgehead atoms. The molecule has 0 unspecified atom stereocenters. The maximum Gasteiger partial charge on any atom is 0.238 e. The molecule has 1 saturated heterocycles. The van der Waals surface area contributed by atoms with Crippen molar-refractivity contribution in [2.24, 2.45) is 0 Å². The zero-order chi connectivity index (χ0) is 21.7. The van der Waals surface area contributed by atoms with Crippen LogP contribution in [0.4, 0.5) is 24.5 Å². The van der Waals surface area contributed by atoms with Crippen LogP contribution in [0.2, 0.25) is 0 Å². The molecule has 0 spiro atoms. The van der Waals surface area contributed by atoms with Crippen molar-refractivity contribution in [3.05, 3.63) is 58.3 Å². The number of thiocarbonyl (C=S) groups is 1. The number of nitrogens with zero attached hydrogens (tertiary/aromatic N) is 2. The highest BCUT2D eigenvalue weighted by Crippen LogP contribution is 2.23. The average molecular weight is 501 g/mol. The zero-order valence-electron chi connectivity index (χ0n) is 15.9. The highest BCUT2D eigenvalue weighted by molar-refractivity contribution is 9.10. The summed E-state index contributed by atoms with van der Waals surface area (Å²) in [5, 5.41) is 6.10. The predicted octanol–water partition coefficient (Wildman–Crippen LogP) is 4.21. The molecule has 1 aliphatic rings. The van der Waals surface area contributed by atoms with Crippen molar-refractivity contribution in [2.45, 2.75) is 6.42 Å². The molecule has 1 heterocycles. The minimum absolute atomic E-state index is 0.0481. The van der Waals surface area contributed by atoms with Crippen LogP contribution in [0.5, 0.6) is 0 Å².